The fourth-order valence-electron chi connectivity index (χ4n) is 4.44. The van der Waals surface area contributed by atoms with Crippen molar-refractivity contribution >= 4 is 40.1 Å². The summed E-state index contributed by atoms with van der Waals surface area (Å²) in [5.74, 6) is -0.745. The number of aryl methyl sites for hydroxylation is 2. The van der Waals surface area contributed by atoms with Gasteiger partial charge in [0.05, 0.1) is 18.5 Å². The highest BCUT2D eigenvalue weighted by Gasteiger charge is 2.20. The molecule has 202 valence electrons. The molecule has 4 rings (SSSR count). The Balaban J connectivity index is 1.77. The van der Waals surface area contributed by atoms with Crippen LogP contribution in [0.4, 0.5) is 17.3 Å². The maximum absolute atomic E-state index is 12.2. The number of carboxylic acid groups (broad SMARTS) is 1. The van der Waals surface area contributed by atoms with E-state index in [9.17, 15) is 14.7 Å². The van der Waals surface area contributed by atoms with Gasteiger partial charge in [0.15, 0.2) is 0 Å². The topological polar surface area (TPSA) is 122 Å². The molecule has 0 saturated heterocycles. The number of rotatable bonds is 11. The summed E-state index contributed by atoms with van der Waals surface area (Å²) in [6.07, 6.45) is 5.96. The first kappa shape index (κ1) is 27.3. The van der Waals surface area contributed by atoms with Gasteiger partial charge in [0.2, 0.25) is 11.9 Å². The summed E-state index contributed by atoms with van der Waals surface area (Å²) in [4.78, 5) is 35.2. The lowest BCUT2D eigenvalue weighted by atomic mass is 10.0. The van der Waals surface area contributed by atoms with Gasteiger partial charge in [0.25, 0.3) is 0 Å². The van der Waals surface area contributed by atoms with Crippen LogP contribution in [0.2, 0.25) is 0 Å². The van der Waals surface area contributed by atoms with Gasteiger partial charge in [0.1, 0.15) is 11.3 Å². The van der Waals surface area contributed by atoms with Crippen LogP contribution in [0.5, 0.6) is 5.75 Å². The minimum absolute atomic E-state index is 0.0148. The maximum Gasteiger partial charge on any atom is 0.339 e. The number of aromatic nitrogens is 3. The van der Waals surface area contributed by atoms with Crippen molar-refractivity contribution in [3.8, 4) is 17.0 Å². The first-order chi connectivity index (χ1) is 18.7. The summed E-state index contributed by atoms with van der Waals surface area (Å²) >= 11 is 0. The molecule has 0 aliphatic rings. The third-order valence-electron chi connectivity index (χ3n) is 6.34. The van der Waals surface area contributed by atoms with Crippen LogP contribution in [0.25, 0.3) is 22.2 Å². The van der Waals surface area contributed by atoms with Crippen molar-refractivity contribution in [1.82, 2.24) is 19.4 Å². The molecule has 0 unspecified atom stereocenters. The fourth-order valence-corrected chi connectivity index (χ4v) is 4.44. The monoisotopic (exact) mass is 528 g/mol. The van der Waals surface area contributed by atoms with Gasteiger partial charge in [-0.25, -0.2) is 14.8 Å². The van der Waals surface area contributed by atoms with E-state index >= 15 is 0 Å². The lowest BCUT2D eigenvalue weighted by Gasteiger charge is -2.18. The number of carbonyl (C=O) groups excluding carboxylic acids is 1. The second-order valence-electron chi connectivity index (χ2n) is 9.37. The average Bonchev–Trinajstić information content (AvgIpc) is 3.25. The van der Waals surface area contributed by atoms with Crippen LogP contribution in [0.3, 0.4) is 0 Å². The SMILES string of the molecule is C=CC(=O)Nc1cc(Nc2ncc(C(=O)O)c(-c3cn(C)c4ccccc34)n2)c(OC)cc1CCCN(C)C. The van der Waals surface area contributed by atoms with Crippen LogP contribution in [0.1, 0.15) is 22.3 Å². The van der Waals surface area contributed by atoms with Gasteiger partial charge in [-0.3, -0.25) is 4.79 Å². The molecule has 0 bridgehead atoms. The van der Waals surface area contributed by atoms with Crippen molar-refractivity contribution < 1.29 is 19.4 Å². The average molecular weight is 529 g/mol. The van der Waals surface area contributed by atoms with Crippen LogP contribution >= 0.6 is 0 Å². The van der Waals surface area contributed by atoms with Crippen LogP contribution < -0.4 is 15.4 Å². The summed E-state index contributed by atoms with van der Waals surface area (Å²) in [5, 5.41) is 16.8. The first-order valence-electron chi connectivity index (χ1n) is 12.4. The number of methoxy groups -OCH3 is 1. The van der Waals surface area contributed by atoms with Crippen molar-refractivity contribution in [3.63, 3.8) is 0 Å². The Hall–Kier alpha value is -4.70. The summed E-state index contributed by atoms with van der Waals surface area (Å²) < 4.78 is 7.58. The number of aromatic carboxylic acids is 1. The lowest BCUT2D eigenvalue weighted by Crippen LogP contribution is -2.15. The van der Waals surface area contributed by atoms with E-state index in [-0.39, 0.29) is 23.1 Å². The van der Waals surface area contributed by atoms with Gasteiger partial charge in [0, 0.05) is 41.6 Å². The van der Waals surface area contributed by atoms with Crippen LogP contribution in [-0.2, 0) is 18.3 Å². The highest BCUT2D eigenvalue weighted by Crippen LogP contribution is 2.36. The third kappa shape index (κ3) is 6.07. The zero-order chi connectivity index (χ0) is 28.1. The zero-order valence-corrected chi connectivity index (χ0v) is 22.5. The fraction of sp³-hybridized carbons (Fsp3) is 0.241. The number of carbonyl (C=O) groups is 2. The Morgan fingerprint density at radius 1 is 1.21 bits per heavy atom. The number of para-hydroxylation sites is 1. The lowest BCUT2D eigenvalue weighted by molar-refractivity contribution is -0.111. The number of fused-ring (bicyclic) bond motifs is 1. The Morgan fingerprint density at radius 3 is 2.67 bits per heavy atom. The molecular weight excluding hydrogens is 496 g/mol. The van der Waals surface area contributed by atoms with E-state index in [0.717, 1.165) is 35.9 Å². The molecule has 0 radical (unpaired) electrons. The predicted octanol–water partition coefficient (Wildman–Crippen LogP) is 4.70. The van der Waals surface area contributed by atoms with Crippen LogP contribution in [0.15, 0.2) is 61.4 Å². The van der Waals surface area contributed by atoms with Crippen molar-refractivity contribution in [2.24, 2.45) is 7.05 Å². The number of benzene rings is 2. The van der Waals surface area contributed by atoms with Gasteiger partial charge in [-0.05, 0) is 63.3 Å². The number of hydrogen-bond acceptors (Lipinski definition) is 7. The Kier molecular flexibility index (Phi) is 8.26. The zero-order valence-electron chi connectivity index (χ0n) is 22.5. The molecule has 0 fully saturated rings. The molecule has 0 spiro atoms. The summed E-state index contributed by atoms with van der Waals surface area (Å²) in [6, 6.07) is 11.3. The normalized spacial score (nSPS) is 11.0. The molecule has 4 aromatic rings. The number of nitrogens with zero attached hydrogens (tertiary/aromatic N) is 4. The molecule has 1 amide bonds. The quantitative estimate of drug-likeness (QED) is 0.240. The Morgan fingerprint density at radius 2 is 1.97 bits per heavy atom. The van der Waals surface area contributed by atoms with E-state index in [4.69, 9.17) is 4.74 Å². The summed E-state index contributed by atoms with van der Waals surface area (Å²) in [6.45, 7) is 4.44. The summed E-state index contributed by atoms with van der Waals surface area (Å²) in [5.41, 5.74) is 3.94. The number of amides is 1. The van der Waals surface area contributed by atoms with E-state index in [2.05, 4.69) is 32.1 Å². The van der Waals surface area contributed by atoms with Crippen molar-refractivity contribution in [3.05, 3.63) is 72.6 Å². The van der Waals surface area contributed by atoms with E-state index in [0.29, 0.717) is 22.7 Å². The smallest absolute Gasteiger partial charge is 0.339 e. The first-order valence-corrected chi connectivity index (χ1v) is 12.4. The van der Waals surface area contributed by atoms with Gasteiger partial charge in [-0.15, -0.1) is 0 Å². The van der Waals surface area contributed by atoms with Gasteiger partial charge in [-0.1, -0.05) is 24.8 Å². The van der Waals surface area contributed by atoms with Gasteiger partial charge in [-0.2, -0.15) is 0 Å². The van der Waals surface area contributed by atoms with Crippen molar-refractivity contribution in [2.75, 3.05) is 38.4 Å². The van der Waals surface area contributed by atoms with Gasteiger partial charge >= 0.3 is 5.97 Å². The second-order valence-corrected chi connectivity index (χ2v) is 9.37. The van der Waals surface area contributed by atoms with Crippen LogP contribution in [-0.4, -0.2) is 64.2 Å². The molecule has 0 aliphatic heterocycles. The minimum atomic E-state index is -1.13. The molecule has 0 atom stereocenters. The molecule has 2 aromatic carbocycles. The largest absolute Gasteiger partial charge is 0.495 e. The van der Waals surface area contributed by atoms with Gasteiger partial charge < -0.3 is 29.9 Å². The van der Waals surface area contributed by atoms with Crippen LogP contribution in [0, 0.1) is 0 Å². The maximum atomic E-state index is 12.2. The number of anilines is 3. The molecule has 0 aliphatic carbocycles. The van der Waals surface area contributed by atoms with E-state index in [1.807, 2.05) is 62.2 Å². The highest BCUT2D eigenvalue weighted by molar-refractivity contribution is 6.02. The van der Waals surface area contributed by atoms with E-state index < -0.39 is 5.97 Å². The molecule has 2 aromatic heterocycles. The van der Waals surface area contributed by atoms with E-state index in [1.165, 1.54) is 12.3 Å². The number of carboxylic acids is 1. The standard InChI is InChI=1S/C29H32N6O4/c1-6-26(36)31-22-15-23(25(39-5)14-18(22)10-9-13-34(2)3)32-29-30-16-20(28(37)38)27(33-29)21-17-35(4)24-12-8-7-11-19(21)24/h6-8,11-12,14-17H,1,9-10,13H2,2-5H3,(H,31,36)(H,37,38)(H,30,32,33). The number of nitrogens with one attached hydrogen (secondary N) is 2. The molecule has 39 heavy (non-hydrogen) atoms. The molecule has 3 N–H and O–H groups in total. The minimum Gasteiger partial charge on any atom is -0.495 e. The van der Waals surface area contributed by atoms with Crippen molar-refractivity contribution in [2.45, 2.75) is 12.8 Å². The van der Waals surface area contributed by atoms with E-state index in [1.54, 1.807) is 13.2 Å². The van der Waals surface area contributed by atoms with Crippen molar-refractivity contribution in [1.29, 1.82) is 0 Å². The second kappa shape index (κ2) is 11.8. The summed E-state index contributed by atoms with van der Waals surface area (Å²) in [7, 11) is 7.48. The Labute approximate surface area is 227 Å². The predicted molar refractivity (Wildman–Crippen MR) is 153 cm³/mol. The molecular formula is C29H32N6O4. The highest BCUT2D eigenvalue weighted by atomic mass is 16.5. The number of hydrogen-bond donors (Lipinski definition) is 3. The molecule has 10 nitrogen and oxygen atoms in total. The molecule has 10 heteroatoms. The Bertz CT molecular complexity index is 1540. The third-order valence-corrected chi connectivity index (χ3v) is 6.34. The molecule has 2 heterocycles. The molecule has 0 saturated carbocycles. The number of ether oxygens (including phenoxy) is 1.